The Labute approximate surface area is 96.0 Å². The van der Waals surface area contributed by atoms with E-state index in [1.54, 1.807) is 12.4 Å². The lowest BCUT2D eigenvalue weighted by molar-refractivity contribution is -0.131. The minimum absolute atomic E-state index is 0.817. The maximum atomic E-state index is 10.7. The smallest absolute Gasteiger partial charge is 0.328 e. The van der Waals surface area contributed by atoms with Crippen molar-refractivity contribution in [3.8, 4) is 0 Å². The summed E-state index contributed by atoms with van der Waals surface area (Å²) in [4.78, 5) is 14.7. The van der Waals surface area contributed by atoms with Crippen molar-refractivity contribution in [2.24, 2.45) is 0 Å². The van der Waals surface area contributed by atoms with E-state index in [4.69, 9.17) is 5.11 Å². The summed E-state index contributed by atoms with van der Waals surface area (Å²) in [6.07, 6.45) is 7.57. The molecule has 1 aromatic heterocycles. The quantitative estimate of drug-likeness (QED) is 0.796. The summed E-state index contributed by atoms with van der Waals surface area (Å²) in [5, 5.41) is 8.75. The number of carbonyl (C=O) groups is 1. The first-order valence-corrected chi connectivity index (χ1v) is 5.54. The predicted molar refractivity (Wildman–Crippen MR) is 60.5 cm³/mol. The van der Waals surface area contributed by atoms with Crippen LogP contribution in [0.2, 0.25) is 0 Å². The monoisotopic (exact) mass is 267 g/mol. The molecule has 78 valence electrons. The van der Waals surface area contributed by atoms with Gasteiger partial charge >= 0.3 is 5.97 Å². The standard InChI is InChI=1S/C11H10BrNO2/c12-10-6-13-5-9-7(4-11(14)15)2-1-3-8(9)10/h4-6H,1-3H2,(H,14,15)/b7-4+. The molecule has 0 saturated carbocycles. The molecule has 0 radical (unpaired) electrons. The van der Waals surface area contributed by atoms with Crippen molar-refractivity contribution in [3.63, 3.8) is 0 Å². The van der Waals surface area contributed by atoms with Gasteiger partial charge in [0, 0.05) is 28.5 Å². The third-order valence-corrected chi connectivity index (χ3v) is 3.20. The zero-order chi connectivity index (χ0) is 10.8. The maximum absolute atomic E-state index is 10.7. The van der Waals surface area contributed by atoms with Crippen molar-refractivity contribution < 1.29 is 9.90 Å². The first-order valence-electron chi connectivity index (χ1n) is 4.74. The SMILES string of the molecule is O=C(O)/C=C1\CCCc2c(Br)cncc21. The lowest BCUT2D eigenvalue weighted by Gasteiger charge is -2.19. The molecule has 3 nitrogen and oxygen atoms in total. The van der Waals surface area contributed by atoms with E-state index in [0.29, 0.717) is 0 Å². The number of aliphatic carboxylic acids is 1. The van der Waals surface area contributed by atoms with E-state index >= 15 is 0 Å². The topological polar surface area (TPSA) is 50.2 Å². The number of fused-ring (bicyclic) bond motifs is 1. The highest BCUT2D eigenvalue weighted by atomic mass is 79.9. The van der Waals surface area contributed by atoms with Crippen LogP contribution in [0.3, 0.4) is 0 Å². The first kappa shape index (κ1) is 10.4. The average Bonchev–Trinajstić information content (AvgIpc) is 2.19. The molecule has 0 bridgehead atoms. The molecule has 1 aromatic rings. The van der Waals surface area contributed by atoms with Crippen LogP contribution in [-0.2, 0) is 11.2 Å². The molecule has 1 heterocycles. The van der Waals surface area contributed by atoms with Gasteiger partial charge < -0.3 is 5.11 Å². The Hall–Kier alpha value is -1.16. The summed E-state index contributed by atoms with van der Waals surface area (Å²) < 4.78 is 0.969. The van der Waals surface area contributed by atoms with E-state index < -0.39 is 5.97 Å². The van der Waals surface area contributed by atoms with Gasteiger partial charge in [-0.15, -0.1) is 0 Å². The average molecular weight is 268 g/mol. The molecule has 0 aliphatic heterocycles. The fourth-order valence-electron chi connectivity index (χ4n) is 1.88. The van der Waals surface area contributed by atoms with Crippen LogP contribution in [0.4, 0.5) is 0 Å². The number of carboxylic acids is 1. The molecule has 0 fully saturated rings. The Balaban J connectivity index is 2.52. The van der Waals surface area contributed by atoms with Crippen LogP contribution in [0, 0.1) is 0 Å². The molecular weight excluding hydrogens is 258 g/mol. The number of allylic oxidation sites excluding steroid dienone is 1. The van der Waals surface area contributed by atoms with Crippen LogP contribution in [0.25, 0.3) is 5.57 Å². The largest absolute Gasteiger partial charge is 0.478 e. The van der Waals surface area contributed by atoms with E-state index in [1.165, 1.54) is 11.6 Å². The van der Waals surface area contributed by atoms with Crippen molar-refractivity contribution in [1.82, 2.24) is 4.98 Å². The van der Waals surface area contributed by atoms with Crippen molar-refractivity contribution in [3.05, 3.63) is 34.1 Å². The number of aromatic nitrogens is 1. The van der Waals surface area contributed by atoms with Crippen LogP contribution >= 0.6 is 15.9 Å². The number of carboxylic acid groups (broad SMARTS) is 1. The second-order valence-corrected chi connectivity index (χ2v) is 4.36. The summed E-state index contributed by atoms with van der Waals surface area (Å²) >= 11 is 3.44. The summed E-state index contributed by atoms with van der Waals surface area (Å²) in [6, 6.07) is 0. The second kappa shape index (κ2) is 4.14. The van der Waals surface area contributed by atoms with Crippen molar-refractivity contribution in [2.75, 3.05) is 0 Å². The van der Waals surface area contributed by atoms with Gasteiger partial charge in [-0.1, -0.05) is 0 Å². The Bertz CT molecular complexity index is 440. The molecule has 4 heteroatoms. The summed E-state index contributed by atoms with van der Waals surface area (Å²) in [5.41, 5.74) is 3.01. The zero-order valence-corrected chi connectivity index (χ0v) is 9.62. The summed E-state index contributed by atoms with van der Waals surface area (Å²) in [7, 11) is 0. The molecule has 1 aliphatic carbocycles. The third-order valence-electron chi connectivity index (χ3n) is 2.52. The molecular formula is C11H10BrNO2. The van der Waals surface area contributed by atoms with E-state index in [9.17, 15) is 4.79 Å². The Morgan fingerprint density at radius 2 is 2.27 bits per heavy atom. The third kappa shape index (κ3) is 2.09. The second-order valence-electron chi connectivity index (χ2n) is 3.51. The van der Waals surface area contributed by atoms with E-state index in [2.05, 4.69) is 20.9 Å². The van der Waals surface area contributed by atoms with Crippen LogP contribution in [0.5, 0.6) is 0 Å². The predicted octanol–water partition coefficient (Wildman–Crippen LogP) is 2.65. The fourth-order valence-corrected chi connectivity index (χ4v) is 2.41. The van der Waals surface area contributed by atoms with Gasteiger partial charge in [0.05, 0.1) is 0 Å². The van der Waals surface area contributed by atoms with E-state index in [-0.39, 0.29) is 0 Å². The number of hydrogen-bond acceptors (Lipinski definition) is 2. The molecule has 0 amide bonds. The molecule has 1 N–H and O–H groups in total. The maximum Gasteiger partial charge on any atom is 0.328 e. The minimum Gasteiger partial charge on any atom is -0.478 e. The minimum atomic E-state index is -0.891. The van der Waals surface area contributed by atoms with E-state index in [1.807, 2.05) is 0 Å². The summed E-state index contributed by atoms with van der Waals surface area (Å²) in [5.74, 6) is -0.891. The number of rotatable bonds is 1. The number of halogens is 1. The molecule has 2 rings (SSSR count). The zero-order valence-electron chi connectivity index (χ0n) is 8.03. The number of hydrogen-bond donors (Lipinski definition) is 1. The Kier molecular flexibility index (Phi) is 2.86. The van der Waals surface area contributed by atoms with Gasteiger partial charge in [-0.05, 0) is 46.3 Å². The lowest BCUT2D eigenvalue weighted by atomic mass is 9.89. The van der Waals surface area contributed by atoms with E-state index in [0.717, 1.165) is 34.9 Å². The van der Waals surface area contributed by atoms with Gasteiger partial charge in [-0.2, -0.15) is 0 Å². The molecule has 1 aliphatic rings. The van der Waals surface area contributed by atoms with Crippen LogP contribution in [-0.4, -0.2) is 16.1 Å². The van der Waals surface area contributed by atoms with Crippen molar-refractivity contribution in [1.29, 1.82) is 0 Å². The Morgan fingerprint density at radius 1 is 1.47 bits per heavy atom. The van der Waals surface area contributed by atoms with Gasteiger partial charge in [-0.3, -0.25) is 4.98 Å². The highest BCUT2D eigenvalue weighted by Crippen LogP contribution is 2.33. The molecule has 0 spiro atoms. The summed E-state index contributed by atoms with van der Waals surface area (Å²) in [6.45, 7) is 0. The van der Waals surface area contributed by atoms with Crippen LogP contribution in [0.15, 0.2) is 22.9 Å². The van der Waals surface area contributed by atoms with Crippen LogP contribution < -0.4 is 0 Å². The van der Waals surface area contributed by atoms with Crippen molar-refractivity contribution >= 4 is 27.5 Å². The van der Waals surface area contributed by atoms with Gasteiger partial charge in [0.2, 0.25) is 0 Å². The van der Waals surface area contributed by atoms with Gasteiger partial charge in [0.1, 0.15) is 0 Å². The highest BCUT2D eigenvalue weighted by molar-refractivity contribution is 9.10. The molecule has 0 aromatic carbocycles. The molecule has 15 heavy (non-hydrogen) atoms. The van der Waals surface area contributed by atoms with Gasteiger partial charge in [-0.25, -0.2) is 4.79 Å². The molecule has 0 unspecified atom stereocenters. The fraction of sp³-hybridized carbons (Fsp3) is 0.273. The normalized spacial score (nSPS) is 17.5. The van der Waals surface area contributed by atoms with Crippen LogP contribution in [0.1, 0.15) is 24.0 Å². The van der Waals surface area contributed by atoms with Crippen molar-refractivity contribution in [2.45, 2.75) is 19.3 Å². The lowest BCUT2D eigenvalue weighted by Crippen LogP contribution is -2.05. The highest BCUT2D eigenvalue weighted by Gasteiger charge is 2.17. The first-order chi connectivity index (χ1) is 7.18. The number of nitrogens with zero attached hydrogens (tertiary/aromatic N) is 1. The van der Waals surface area contributed by atoms with Gasteiger partial charge in [0.15, 0.2) is 0 Å². The number of pyridine rings is 1. The molecule has 0 saturated heterocycles. The molecule has 0 atom stereocenters. The van der Waals surface area contributed by atoms with Gasteiger partial charge in [0.25, 0.3) is 0 Å². The Morgan fingerprint density at radius 3 is 3.00 bits per heavy atom.